The molecule has 3 aromatic carbocycles. The SMILES string of the molecule is CN(CCc1ccccn1)C(=O)c1cn2c3c(c(NCCCN4CCOCC4)c(F)cc3c1=O)Oc1ccc3ccccc3c1-2. The van der Waals surface area contributed by atoms with Crippen molar-refractivity contribution in [2.75, 3.05) is 58.3 Å². The third kappa shape index (κ3) is 5.51. The zero-order valence-electron chi connectivity index (χ0n) is 25.1. The van der Waals surface area contributed by atoms with E-state index < -0.39 is 17.2 Å². The third-order valence-corrected chi connectivity index (χ3v) is 8.58. The number of benzene rings is 3. The summed E-state index contributed by atoms with van der Waals surface area (Å²) in [4.78, 5) is 35.9. The number of likely N-dealkylation sites (N-methyl/N-ethyl adjacent to an activating group) is 1. The van der Waals surface area contributed by atoms with Gasteiger partial charge in [-0.1, -0.05) is 36.4 Å². The predicted octanol–water partition coefficient (Wildman–Crippen LogP) is 5.23. The molecule has 0 aliphatic carbocycles. The number of anilines is 1. The minimum atomic E-state index is -0.607. The molecule has 7 rings (SSSR count). The molecule has 4 heterocycles. The standard InChI is InChI=1S/C35H34FN5O4/c1-39(16-12-24-8-4-5-13-37-24)35(43)27-22-41-31-25-9-3-2-7-23(25)10-11-29(31)45-34-30(28(36)21-26(32(34)41)33(27)42)38-14-6-15-40-17-19-44-20-18-40/h2-5,7-11,13,21-22,38H,6,12,14-20H2,1H3. The van der Waals surface area contributed by atoms with Gasteiger partial charge in [0, 0.05) is 63.1 Å². The van der Waals surface area contributed by atoms with Gasteiger partial charge in [-0.3, -0.25) is 19.5 Å². The molecule has 2 aliphatic rings. The fourth-order valence-corrected chi connectivity index (χ4v) is 6.17. The van der Waals surface area contributed by atoms with Crippen LogP contribution in [0.15, 0.2) is 77.9 Å². The third-order valence-electron chi connectivity index (χ3n) is 8.58. The molecule has 9 nitrogen and oxygen atoms in total. The molecule has 0 unspecified atom stereocenters. The number of hydrogen-bond acceptors (Lipinski definition) is 7. The minimum absolute atomic E-state index is 0.0385. The summed E-state index contributed by atoms with van der Waals surface area (Å²) in [5, 5.41) is 5.19. The first-order valence-electron chi connectivity index (χ1n) is 15.3. The Kier molecular flexibility index (Phi) is 7.91. The molecule has 2 aromatic heterocycles. The molecule has 1 amide bonds. The second-order valence-corrected chi connectivity index (χ2v) is 11.5. The van der Waals surface area contributed by atoms with Gasteiger partial charge in [-0.2, -0.15) is 0 Å². The number of hydrogen-bond donors (Lipinski definition) is 1. The van der Waals surface area contributed by atoms with E-state index in [4.69, 9.17) is 9.47 Å². The molecule has 5 aromatic rings. The summed E-state index contributed by atoms with van der Waals surface area (Å²) >= 11 is 0. The van der Waals surface area contributed by atoms with E-state index in [2.05, 4.69) is 15.2 Å². The van der Waals surface area contributed by atoms with Crippen LogP contribution in [-0.2, 0) is 11.2 Å². The number of nitrogens with one attached hydrogen (secondary N) is 1. The van der Waals surface area contributed by atoms with Crippen molar-refractivity contribution in [1.29, 1.82) is 0 Å². The van der Waals surface area contributed by atoms with Crippen LogP contribution in [0.25, 0.3) is 27.4 Å². The van der Waals surface area contributed by atoms with Crippen molar-refractivity contribution >= 4 is 33.3 Å². The fraction of sp³-hybridized carbons (Fsp3) is 0.286. The Morgan fingerprint density at radius 2 is 1.89 bits per heavy atom. The molecule has 0 radical (unpaired) electrons. The summed E-state index contributed by atoms with van der Waals surface area (Å²) in [5.41, 5.74) is 1.58. The van der Waals surface area contributed by atoms with E-state index in [9.17, 15) is 9.59 Å². The van der Waals surface area contributed by atoms with Crippen molar-refractivity contribution in [3.8, 4) is 17.2 Å². The van der Waals surface area contributed by atoms with Gasteiger partial charge in [0.25, 0.3) is 5.91 Å². The Hall–Kier alpha value is -4.80. The maximum absolute atomic E-state index is 15.9. The van der Waals surface area contributed by atoms with Gasteiger partial charge in [-0.05, 0) is 42.6 Å². The number of halogens is 1. The highest BCUT2D eigenvalue weighted by Crippen LogP contribution is 2.47. The highest BCUT2D eigenvalue weighted by atomic mass is 19.1. The van der Waals surface area contributed by atoms with Crippen LogP contribution in [-0.4, -0.2) is 78.2 Å². The van der Waals surface area contributed by atoms with Crippen molar-refractivity contribution < 1.29 is 18.7 Å². The van der Waals surface area contributed by atoms with Crippen molar-refractivity contribution in [3.63, 3.8) is 0 Å². The summed E-state index contributed by atoms with van der Waals surface area (Å²) in [6.45, 7) is 4.96. The van der Waals surface area contributed by atoms with Crippen LogP contribution < -0.4 is 15.5 Å². The lowest BCUT2D eigenvalue weighted by atomic mass is 10.0. The summed E-state index contributed by atoms with van der Waals surface area (Å²) < 4.78 is 29.6. The number of carbonyl (C=O) groups is 1. The largest absolute Gasteiger partial charge is 0.451 e. The average molecular weight is 608 g/mol. The van der Waals surface area contributed by atoms with E-state index in [1.165, 1.54) is 11.0 Å². The van der Waals surface area contributed by atoms with E-state index in [1.54, 1.807) is 19.4 Å². The van der Waals surface area contributed by atoms with E-state index in [-0.39, 0.29) is 22.4 Å². The van der Waals surface area contributed by atoms with Gasteiger partial charge in [0.05, 0.1) is 24.3 Å². The number of pyridine rings is 2. The highest BCUT2D eigenvalue weighted by Gasteiger charge is 2.30. The quantitative estimate of drug-likeness (QED) is 0.225. The Bertz CT molecular complexity index is 1960. The molecule has 1 fully saturated rings. The van der Waals surface area contributed by atoms with E-state index in [1.807, 2.05) is 59.2 Å². The number of nitrogens with zero attached hydrogens (tertiary/aromatic N) is 4. The summed E-state index contributed by atoms with van der Waals surface area (Å²) in [7, 11) is 1.66. The molecule has 1 N–H and O–H groups in total. The van der Waals surface area contributed by atoms with Crippen molar-refractivity contribution in [3.05, 3.63) is 100 Å². The van der Waals surface area contributed by atoms with Gasteiger partial charge in [-0.25, -0.2) is 4.39 Å². The molecule has 45 heavy (non-hydrogen) atoms. The number of fused-ring (bicyclic) bond motifs is 4. The smallest absolute Gasteiger partial charge is 0.259 e. The van der Waals surface area contributed by atoms with Crippen LogP contribution in [0.5, 0.6) is 11.5 Å². The number of carbonyl (C=O) groups excluding carboxylic acids is 1. The highest BCUT2D eigenvalue weighted by molar-refractivity contribution is 6.03. The summed E-state index contributed by atoms with van der Waals surface area (Å²) in [6, 6.07) is 18.5. The van der Waals surface area contributed by atoms with Gasteiger partial charge in [0.15, 0.2) is 17.3 Å². The summed E-state index contributed by atoms with van der Waals surface area (Å²) in [6.07, 6.45) is 4.62. The lowest BCUT2D eigenvalue weighted by Gasteiger charge is -2.28. The molecule has 0 spiro atoms. The van der Waals surface area contributed by atoms with Crippen LogP contribution >= 0.6 is 0 Å². The van der Waals surface area contributed by atoms with Crippen LogP contribution in [0.3, 0.4) is 0 Å². The second kappa shape index (κ2) is 12.3. The molecule has 2 aliphatic heterocycles. The van der Waals surface area contributed by atoms with Crippen LogP contribution in [0.1, 0.15) is 22.5 Å². The molecule has 0 atom stereocenters. The minimum Gasteiger partial charge on any atom is -0.451 e. The normalized spacial score (nSPS) is 14.3. The topological polar surface area (TPSA) is 88.9 Å². The maximum Gasteiger partial charge on any atom is 0.259 e. The molecule has 1 saturated heterocycles. The van der Waals surface area contributed by atoms with Gasteiger partial charge in [-0.15, -0.1) is 0 Å². The van der Waals surface area contributed by atoms with Gasteiger partial charge in [0.2, 0.25) is 5.43 Å². The molecule has 0 bridgehead atoms. The van der Waals surface area contributed by atoms with Gasteiger partial charge < -0.3 is 24.3 Å². The van der Waals surface area contributed by atoms with E-state index in [0.29, 0.717) is 36.5 Å². The number of aromatic nitrogens is 2. The molecule has 0 saturated carbocycles. The van der Waals surface area contributed by atoms with Gasteiger partial charge >= 0.3 is 0 Å². The predicted molar refractivity (Wildman–Crippen MR) is 172 cm³/mol. The molecule has 10 heteroatoms. The number of morpholine rings is 1. The first-order chi connectivity index (χ1) is 22.0. The number of ether oxygens (including phenoxy) is 2. The number of amides is 1. The molecular weight excluding hydrogens is 573 g/mol. The lowest BCUT2D eigenvalue weighted by Crippen LogP contribution is -2.37. The van der Waals surface area contributed by atoms with Crippen LogP contribution in [0.4, 0.5) is 10.1 Å². The van der Waals surface area contributed by atoms with Crippen molar-refractivity contribution in [1.82, 2.24) is 19.4 Å². The first kappa shape index (κ1) is 28.9. The van der Waals surface area contributed by atoms with Crippen molar-refractivity contribution in [2.45, 2.75) is 12.8 Å². The Labute approximate surface area is 259 Å². The summed E-state index contributed by atoms with van der Waals surface area (Å²) in [5.74, 6) is -0.305. The molecule has 230 valence electrons. The Morgan fingerprint density at radius 1 is 1.07 bits per heavy atom. The number of rotatable bonds is 9. The Balaban J connectivity index is 1.29. The van der Waals surface area contributed by atoms with E-state index >= 15 is 4.39 Å². The second-order valence-electron chi connectivity index (χ2n) is 11.5. The Morgan fingerprint density at radius 3 is 2.71 bits per heavy atom. The monoisotopic (exact) mass is 607 g/mol. The average Bonchev–Trinajstić information content (AvgIpc) is 3.08. The zero-order valence-corrected chi connectivity index (χ0v) is 25.1. The maximum atomic E-state index is 15.9. The van der Waals surface area contributed by atoms with Gasteiger partial charge in [0.1, 0.15) is 16.8 Å². The van der Waals surface area contributed by atoms with Crippen LogP contribution in [0, 0.1) is 5.82 Å². The van der Waals surface area contributed by atoms with E-state index in [0.717, 1.165) is 55.7 Å². The fourth-order valence-electron chi connectivity index (χ4n) is 6.17. The first-order valence-corrected chi connectivity index (χ1v) is 15.3. The zero-order chi connectivity index (χ0) is 30.9. The lowest BCUT2D eigenvalue weighted by molar-refractivity contribution is 0.0378. The van der Waals surface area contributed by atoms with Crippen molar-refractivity contribution in [2.24, 2.45) is 0 Å². The van der Waals surface area contributed by atoms with Crippen LogP contribution in [0.2, 0.25) is 0 Å². The molecular formula is C35H34FN5O4.